The fourth-order valence-electron chi connectivity index (χ4n) is 1.29. The molecule has 0 aliphatic carbocycles. The Bertz CT molecular complexity index is 285. The minimum Gasteiger partial charge on any atom is -0.462 e. The molecule has 0 fully saturated rings. The second kappa shape index (κ2) is 7.22. The van der Waals surface area contributed by atoms with Crippen LogP contribution in [0.25, 0.3) is 0 Å². The van der Waals surface area contributed by atoms with Gasteiger partial charge in [0.05, 0.1) is 6.61 Å². The quantitative estimate of drug-likeness (QED) is 0.677. The zero-order valence-corrected chi connectivity index (χ0v) is 10.4. The number of hydrogen-bond donors (Lipinski definition) is 1. The highest BCUT2D eigenvalue weighted by Crippen LogP contribution is 1.99. The van der Waals surface area contributed by atoms with Crippen LogP contribution in [0, 0.1) is 5.92 Å². The maximum atomic E-state index is 5.38. The number of ether oxygens (including phenoxy) is 1. The van der Waals surface area contributed by atoms with Crippen molar-refractivity contribution >= 4 is 0 Å². The van der Waals surface area contributed by atoms with E-state index in [-0.39, 0.29) is 0 Å². The Morgan fingerprint density at radius 2 is 2.25 bits per heavy atom. The second-order valence-electron chi connectivity index (χ2n) is 4.35. The predicted octanol–water partition coefficient (Wildman–Crippen LogP) is 1.22. The van der Waals surface area contributed by atoms with Crippen LogP contribution >= 0.6 is 0 Å². The molecule has 1 N–H and O–H groups in total. The first kappa shape index (κ1) is 13.0. The average molecular weight is 226 g/mol. The number of nitrogens with zero attached hydrogens (tertiary/aromatic N) is 3. The summed E-state index contributed by atoms with van der Waals surface area (Å²) in [5.74, 6) is 0.717. The van der Waals surface area contributed by atoms with E-state index >= 15 is 0 Å². The predicted molar refractivity (Wildman–Crippen MR) is 63.4 cm³/mol. The Morgan fingerprint density at radius 1 is 1.44 bits per heavy atom. The second-order valence-corrected chi connectivity index (χ2v) is 4.35. The van der Waals surface area contributed by atoms with E-state index in [1.54, 1.807) is 11.0 Å². The van der Waals surface area contributed by atoms with Crippen molar-refractivity contribution in [3.8, 4) is 6.01 Å². The van der Waals surface area contributed by atoms with Gasteiger partial charge in [-0.3, -0.25) is 4.68 Å². The third-order valence-electron chi connectivity index (χ3n) is 2.11. The highest BCUT2D eigenvalue weighted by molar-refractivity contribution is 4.86. The van der Waals surface area contributed by atoms with Gasteiger partial charge in [0, 0.05) is 7.05 Å². The van der Waals surface area contributed by atoms with Gasteiger partial charge in [0.15, 0.2) is 0 Å². The van der Waals surface area contributed by atoms with Gasteiger partial charge >= 0.3 is 6.01 Å². The number of nitrogens with one attached hydrogen (secondary N) is 1. The van der Waals surface area contributed by atoms with Gasteiger partial charge in [0.25, 0.3) is 0 Å². The van der Waals surface area contributed by atoms with E-state index in [4.69, 9.17) is 4.74 Å². The molecule has 0 amide bonds. The van der Waals surface area contributed by atoms with Gasteiger partial charge in [0.2, 0.25) is 0 Å². The normalized spacial score (nSPS) is 11.0. The summed E-state index contributed by atoms with van der Waals surface area (Å²) in [6.07, 6.45) is 3.79. The van der Waals surface area contributed by atoms with Crippen LogP contribution in [0.1, 0.15) is 26.7 Å². The van der Waals surface area contributed by atoms with E-state index in [9.17, 15) is 0 Å². The van der Waals surface area contributed by atoms with Gasteiger partial charge in [-0.15, -0.1) is 5.10 Å². The molecule has 1 aromatic rings. The SMILES string of the molecule is CC(C)CNCCCCOc1ncn(C)n1. The maximum absolute atomic E-state index is 5.38. The highest BCUT2D eigenvalue weighted by Gasteiger charge is 1.98. The summed E-state index contributed by atoms with van der Waals surface area (Å²) >= 11 is 0. The zero-order chi connectivity index (χ0) is 11.8. The van der Waals surface area contributed by atoms with Crippen molar-refractivity contribution in [1.82, 2.24) is 20.1 Å². The molecule has 0 bridgehead atoms. The van der Waals surface area contributed by atoms with E-state index in [0.29, 0.717) is 18.5 Å². The molecule has 0 aromatic carbocycles. The number of aryl methyl sites for hydroxylation is 1. The summed E-state index contributed by atoms with van der Waals surface area (Å²) < 4.78 is 7.02. The van der Waals surface area contributed by atoms with Gasteiger partial charge in [-0.05, 0) is 31.8 Å². The van der Waals surface area contributed by atoms with Crippen molar-refractivity contribution in [3.63, 3.8) is 0 Å². The lowest BCUT2D eigenvalue weighted by atomic mass is 10.2. The summed E-state index contributed by atoms with van der Waals surface area (Å²) in [6.45, 7) is 7.25. The molecular weight excluding hydrogens is 204 g/mol. The zero-order valence-electron chi connectivity index (χ0n) is 10.4. The van der Waals surface area contributed by atoms with Crippen LogP contribution in [0.2, 0.25) is 0 Å². The van der Waals surface area contributed by atoms with Crippen molar-refractivity contribution in [2.24, 2.45) is 13.0 Å². The first-order valence-electron chi connectivity index (χ1n) is 5.87. The molecule has 0 unspecified atom stereocenters. The summed E-state index contributed by atoms with van der Waals surface area (Å²) in [5.41, 5.74) is 0. The van der Waals surface area contributed by atoms with Gasteiger partial charge in [0.1, 0.15) is 6.33 Å². The van der Waals surface area contributed by atoms with E-state index in [1.165, 1.54) is 0 Å². The molecule has 16 heavy (non-hydrogen) atoms. The molecule has 0 saturated heterocycles. The van der Waals surface area contributed by atoms with Gasteiger partial charge in [-0.2, -0.15) is 4.98 Å². The van der Waals surface area contributed by atoms with Crippen molar-refractivity contribution in [3.05, 3.63) is 6.33 Å². The smallest absolute Gasteiger partial charge is 0.335 e. The molecule has 0 aliphatic heterocycles. The standard InChI is InChI=1S/C11H22N4O/c1-10(2)8-12-6-4-5-7-16-11-13-9-15(3)14-11/h9-10,12H,4-8H2,1-3H3. The Labute approximate surface area is 97.2 Å². The van der Waals surface area contributed by atoms with Gasteiger partial charge in [-0.25, -0.2) is 0 Å². The van der Waals surface area contributed by atoms with E-state index in [2.05, 4.69) is 29.2 Å². The number of aromatic nitrogens is 3. The lowest BCUT2D eigenvalue weighted by molar-refractivity contribution is 0.281. The summed E-state index contributed by atoms with van der Waals surface area (Å²) in [7, 11) is 1.83. The monoisotopic (exact) mass is 226 g/mol. The largest absolute Gasteiger partial charge is 0.462 e. The van der Waals surface area contributed by atoms with Crippen molar-refractivity contribution in [2.75, 3.05) is 19.7 Å². The molecule has 0 aliphatic rings. The van der Waals surface area contributed by atoms with Gasteiger partial charge < -0.3 is 10.1 Å². The van der Waals surface area contributed by atoms with Crippen LogP contribution in [0.5, 0.6) is 6.01 Å². The van der Waals surface area contributed by atoms with Crippen LogP contribution in [0.15, 0.2) is 6.33 Å². The van der Waals surface area contributed by atoms with Gasteiger partial charge in [-0.1, -0.05) is 13.8 Å². The molecule has 0 radical (unpaired) electrons. The fourth-order valence-corrected chi connectivity index (χ4v) is 1.29. The fraction of sp³-hybridized carbons (Fsp3) is 0.818. The topological polar surface area (TPSA) is 52.0 Å². The summed E-state index contributed by atoms with van der Waals surface area (Å²) in [6, 6.07) is 0.470. The Morgan fingerprint density at radius 3 is 2.88 bits per heavy atom. The third kappa shape index (κ3) is 5.70. The Kier molecular flexibility index (Phi) is 5.85. The first-order chi connectivity index (χ1) is 7.68. The molecule has 0 atom stereocenters. The molecule has 1 rings (SSSR count). The third-order valence-corrected chi connectivity index (χ3v) is 2.11. The lowest BCUT2D eigenvalue weighted by Crippen LogP contribution is -2.21. The Balaban J connectivity index is 1.92. The number of rotatable bonds is 8. The van der Waals surface area contributed by atoms with Crippen LogP contribution in [0.3, 0.4) is 0 Å². The van der Waals surface area contributed by atoms with E-state index in [1.807, 2.05) is 7.05 Å². The average Bonchev–Trinajstić information content (AvgIpc) is 2.62. The van der Waals surface area contributed by atoms with Crippen molar-refractivity contribution in [2.45, 2.75) is 26.7 Å². The molecular formula is C11H22N4O. The summed E-state index contributed by atoms with van der Waals surface area (Å²) in [5, 5.41) is 7.43. The molecule has 0 saturated carbocycles. The number of unbranched alkanes of at least 4 members (excludes halogenated alkanes) is 1. The van der Waals surface area contributed by atoms with Crippen LogP contribution in [-0.2, 0) is 7.05 Å². The molecule has 0 spiro atoms. The van der Waals surface area contributed by atoms with E-state index < -0.39 is 0 Å². The lowest BCUT2D eigenvalue weighted by Gasteiger charge is -2.06. The van der Waals surface area contributed by atoms with E-state index in [0.717, 1.165) is 25.9 Å². The summed E-state index contributed by atoms with van der Waals surface area (Å²) in [4.78, 5) is 3.99. The van der Waals surface area contributed by atoms with Crippen LogP contribution in [0.4, 0.5) is 0 Å². The van der Waals surface area contributed by atoms with Crippen molar-refractivity contribution in [1.29, 1.82) is 0 Å². The van der Waals surface area contributed by atoms with Crippen LogP contribution < -0.4 is 10.1 Å². The molecule has 5 heteroatoms. The highest BCUT2D eigenvalue weighted by atomic mass is 16.5. The minimum atomic E-state index is 0.470. The Hall–Kier alpha value is -1.10. The molecule has 92 valence electrons. The van der Waals surface area contributed by atoms with Crippen LogP contribution in [-0.4, -0.2) is 34.5 Å². The first-order valence-corrected chi connectivity index (χ1v) is 5.87. The molecule has 1 heterocycles. The van der Waals surface area contributed by atoms with Crippen molar-refractivity contribution < 1.29 is 4.74 Å². The maximum Gasteiger partial charge on any atom is 0.335 e. The molecule has 1 aromatic heterocycles. The minimum absolute atomic E-state index is 0.470. The molecule has 5 nitrogen and oxygen atoms in total. The number of hydrogen-bond acceptors (Lipinski definition) is 4.